The maximum Gasteiger partial charge on any atom is 0.255 e. The molecule has 0 aliphatic carbocycles. The highest BCUT2D eigenvalue weighted by Crippen LogP contribution is 2.34. The topological polar surface area (TPSA) is 98.1 Å². The average molecular weight is 503 g/mol. The number of hydrogen-bond donors (Lipinski definition) is 1. The van der Waals surface area contributed by atoms with E-state index >= 15 is 0 Å². The highest BCUT2D eigenvalue weighted by molar-refractivity contribution is 6.05. The van der Waals surface area contributed by atoms with Gasteiger partial charge in [-0.15, -0.1) is 0 Å². The first-order valence-corrected chi connectivity index (χ1v) is 13.0. The van der Waals surface area contributed by atoms with Crippen LogP contribution in [0.5, 0.6) is 5.75 Å². The minimum atomic E-state index is -0.652. The smallest absolute Gasteiger partial charge is 0.255 e. The van der Waals surface area contributed by atoms with E-state index in [0.29, 0.717) is 29.4 Å². The van der Waals surface area contributed by atoms with Crippen LogP contribution in [0, 0.1) is 5.92 Å². The van der Waals surface area contributed by atoms with Crippen molar-refractivity contribution in [1.82, 2.24) is 10.2 Å². The molecule has 8 heteroatoms. The first-order chi connectivity index (χ1) is 18.0. The van der Waals surface area contributed by atoms with Crippen molar-refractivity contribution in [2.24, 2.45) is 5.92 Å². The third-order valence-electron chi connectivity index (χ3n) is 7.64. The van der Waals surface area contributed by atoms with Gasteiger partial charge in [0.05, 0.1) is 6.54 Å². The van der Waals surface area contributed by atoms with E-state index in [0.717, 1.165) is 49.0 Å². The molecule has 8 nitrogen and oxygen atoms in total. The lowest BCUT2D eigenvalue weighted by Gasteiger charge is -2.29. The number of ether oxygens (including phenoxy) is 2. The molecular weight excluding hydrogens is 472 g/mol. The molecule has 1 aromatic heterocycles. The van der Waals surface area contributed by atoms with Gasteiger partial charge >= 0.3 is 0 Å². The van der Waals surface area contributed by atoms with Crippen LogP contribution < -0.4 is 10.1 Å². The van der Waals surface area contributed by atoms with Crippen LogP contribution in [0.15, 0.2) is 46.9 Å². The van der Waals surface area contributed by atoms with Crippen LogP contribution in [0.3, 0.4) is 0 Å². The zero-order valence-electron chi connectivity index (χ0n) is 20.7. The van der Waals surface area contributed by atoms with Gasteiger partial charge in [-0.05, 0) is 67.9 Å². The van der Waals surface area contributed by atoms with E-state index < -0.39 is 11.9 Å². The lowest BCUT2D eigenvalue weighted by atomic mass is 9.92. The van der Waals surface area contributed by atoms with Gasteiger partial charge in [-0.2, -0.15) is 0 Å². The summed E-state index contributed by atoms with van der Waals surface area (Å²) in [5, 5.41) is 3.37. The number of hydrogen-bond acceptors (Lipinski definition) is 6. The molecule has 0 saturated carbocycles. The van der Waals surface area contributed by atoms with Crippen molar-refractivity contribution in [3.8, 4) is 5.75 Å². The number of imide groups is 1. The van der Waals surface area contributed by atoms with Crippen molar-refractivity contribution in [3.05, 3.63) is 64.9 Å². The van der Waals surface area contributed by atoms with Crippen LogP contribution in [0.25, 0.3) is 11.0 Å². The van der Waals surface area contributed by atoms with Crippen molar-refractivity contribution in [3.63, 3.8) is 0 Å². The summed E-state index contributed by atoms with van der Waals surface area (Å²) in [5.74, 6) is 1.00. The Morgan fingerprint density at radius 2 is 1.95 bits per heavy atom. The molecule has 6 rings (SSSR count). The molecular formula is C29H30N2O6. The Morgan fingerprint density at radius 3 is 2.84 bits per heavy atom. The monoisotopic (exact) mass is 502 g/mol. The predicted octanol–water partition coefficient (Wildman–Crippen LogP) is 4.13. The molecule has 0 radical (unpaired) electrons. The van der Waals surface area contributed by atoms with Gasteiger partial charge in [-0.1, -0.05) is 18.2 Å². The van der Waals surface area contributed by atoms with Crippen LogP contribution >= 0.6 is 0 Å². The number of nitrogens with one attached hydrogen (secondary N) is 1. The summed E-state index contributed by atoms with van der Waals surface area (Å²) in [4.78, 5) is 38.4. The Morgan fingerprint density at radius 1 is 1.03 bits per heavy atom. The average Bonchev–Trinajstić information content (AvgIpc) is 3.33. The number of rotatable bonds is 6. The number of piperidine rings is 1. The normalized spacial score (nSPS) is 22.2. The number of benzene rings is 2. The largest absolute Gasteiger partial charge is 0.485 e. The summed E-state index contributed by atoms with van der Waals surface area (Å²) >= 11 is 0. The Kier molecular flexibility index (Phi) is 6.42. The third kappa shape index (κ3) is 4.85. The second-order valence-corrected chi connectivity index (χ2v) is 10.2. The molecule has 2 atom stereocenters. The molecule has 3 aromatic rings. The van der Waals surface area contributed by atoms with E-state index in [1.54, 1.807) is 12.1 Å². The Bertz CT molecular complexity index is 1350. The second-order valence-electron chi connectivity index (χ2n) is 10.2. The molecule has 3 aliphatic heterocycles. The van der Waals surface area contributed by atoms with Gasteiger partial charge in [0.25, 0.3) is 5.91 Å². The summed E-state index contributed by atoms with van der Waals surface area (Å²) < 4.78 is 17.8. The van der Waals surface area contributed by atoms with Crippen molar-refractivity contribution in [1.29, 1.82) is 0 Å². The van der Waals surface area contributed by atoms with Crippen LogP contribution in [0.2, 0.25) is 0 Å². The predicted molar refractivity (Wildman–Crippen MR) is 135 cm³/mol. The van der Waals surface area contributed by atoms with Gasteiger partial charge in [0.15, 0.2) is 0 Å². The fraction of sp³-hybridized carbons (Fsp3) is 0.414. The van der Waals surface area contributed by atoms with Crippen LogP contribution in [-0.2, 0) is 33.9 Å². The molecule has 0 spiro atoms. The van der Waals surface area contributed by atoms with Crippen molar-refractivity contribution < 1.29 is 28.3 Å². The summed E-state index contributed by atoms with van der Waals surface area (Å²) in [7, 11) is 0. The zero-order valence-corrected chi connectivity index (χ0v) is 20.7. The number of fused-ring (bicyclic) bond motifs is 2. The summed E-state index contributed by atoms with van der Waals surface area (Å²) in [6, 6.07) is 13.1. The minimum Gasteiger partial charge on any atom is -0.485 e. The third-order valence-corrected chi connectivity index (χ3v) is 7.64. The SMILES string of the molecule is O=C1CCC(N2Cc3c(OCc4cc5ccc(CC6CCCOCC6)cc5o4)cccc3C2=O)C(=O)N1. The molecule has 192 valence electrons. The first kappa shape index (κ1) is 23.7. The van der Waals surface area contributed by atoms with Gasteiger partial charge in [0, 0.05) is 36.1 Å². The van der Waals surface area contributed by atoms with Crippen molar-refractivity contribution in [2.75, 3.05) is 13.2 Å². The molecule has 2 aromatic carbocycles. The van der Waals surface area contributed by atoms with Crippen LogP contribution in [-0.4, -0.2) is 41.9 Å². The van der Waals surface area contributed by atoms with E-state index in [2.05, 4.69) is 23.5 Å². The molecule has 0 bridgehead atoms. The molecule has 2 saturated heterocycles. The molecule has 37 heavy (non-hydrogen) atoms. The van der Waals surface area contributed by atoms with Crippen molar-refractivity contribution >= 4 is 28.7 Å². The van der Waals surface area contributed by atoms with Crippen molar-refractivity contribution in [2.45, 2.75) is 57.7 Å². The maximum atomic E-state index is 13.0. The van der Waals surface area contributed by atoms with E-state index in [1.165, 1.54) is 16.9 Å². The van der Waals surface area contributed by atoms with Gasteiger partial charge < -0.3 is 18.8 Å². The molecule has 4 heterocycles. The Balaban J connectivity index is 1.14. The Hall–Kier alpha value is -3.65. The highest BCUT2D eigenvalue weighted by atomic mass is 16.5. The second kappa shape index (κ2) is 10.0. The summed E-state index contributed by atoms with van der Waals surface area (Å²) in [6.07, 6.45) is 4.99. The van der Waals surface area contributed by atoms with E-state index in [4.69, 9.17) is 13.9 Å². The fourth-order valence-electron chi connectivity index (χ4n) is 5.68. The van der Waals surface area contributed by atoms with E-state index in [9.17, 15) is 14.4 Å². The quantitative estimate of drug-likeness (QED) is 0.509. The van der Waals surface area contributed by atoms with E-state index in [-0.39, 0.29) is 31.4 Å². The standard InChI is InChI=1S/C29H30N2O6/c32-27-9-8-24(28(33)30-27)31-16-23-22(29(31)34)4-1-5-25(23)36-17-21-15-20-7-6-19(14-26(20)37-21)13-18-3-2-11-35-12-10-18/h1,4-7,14-15,18,24H,2-3,8-13,16-17H2,(H,30,32,33). The fourth-order valence-corrected chi connectivity index (χ4v) is 5.68. The highest BCUT2D eigenvalue weighted by Gasteiger charge is 2.40. The molecule has 2 unspecified atom stereocenters. The van der Waals surface area contributed by atoms with Gasteiger partial charge in [-0.3, -0.25) is 19.7 Å². The number of furan rings is 1. The zero-order chi connectivity index (χ0) is 25.4. The Labute approximate surface area is 214 Å². The molecule has 1 N–H and O–H groups in total. The number of carbonyl (C=O) groups excluding carboxylic acids is 3. The molecule has 2 fully saturated rings. The summed E-state index contributed by atoms with van der Waals surface area (Å²) in [6.45, 7) is 2.21. The summed E-state index contributed by atoms with van der Waals surface area (Å²) in [5.41, 5.74) is 3.40. The molecule has 3 aliphatic rings. The number of amides is 3. The van der Waals surface area contributed by atoms with Crippen LogP contribution in [0.4, 0.5) is 0 Å². The van der Waals surface area contributed by atoms with Gasteiger partial charge in [0.2, 0.25) is 11.8 Å². The van der Waals surface area contributed by atoms with Crippen LogP contribution in [0.1, 0.15) is 59.3 Å². The van der Waals surface area contributed by atoms with Gasteiger partial charge in [0.1, 0.15) is 29.7 Å². The lowest BCUT2D eigenvalue weighted by Crippen LogP contribution is -2.52. The number of carbonyl (C=O) groups is 3. The number of nitrogens with zero attached hydrogens (tertiary/aromatic N) is 1. The first-order valence-electron chi connectivity index (χ1n) is 13.0. The minimum absolute atomic E-state index is 0.216. The van der Waals surface area contributed by atoms with E-state index in [1.807, 2.05) is 12.1 Å². The molecule has 3 amide bonds. The van der Waals surface area contributed by atoms with Gasteiger partial charge in [-0.25, -0.2) is 0 Å². The maximum absolute atomic E-state index is 13.0. The lowest BCUT2D eigenvalue weighted by molar-refractivity contribution is -0.136.